The van der Waals surface area contributed by atoms with E-state index in [1.54, 1.807) is 7.05 Å². The molecule has 0 fully saturated rings. The van der Waals surface area contributed by atoms with Crippen LogP contribution in [0.5, 0.6) is 0 Å². The Morgan fingerprint density at radius 2 is 2.15 bits per heavy atom. The van der Waals surface area contributed by atoms with Crippen molar-refractivity contribution in [3.8, 4) is 5.82 Å². The number of aryl methyl sites for hydroxylation is 2. The Balaban J connectivity index is 2.09. The van der Waals surface area contributed by atoms with E-state index >= 15 is 0 Å². The molecule has 0 spiro atoms. The summed E-state index contributed by atoms with van der Waals surface area (Å²) in [5.74, 6) is 1.59. The predicted molar refractivity (Wildman–Crippen MR) is 80.1 cm³/mol. The lowest BCUT2D eigenvalue weighted by atomic mass is 10.3. The van der Waals surface area contributed by atoms with Crippen LogP contribution >= 0.6 is 0 Å². The van der Waals surface area contributed by atoms with Crippen molar-refractivity contribution in [3.05, 3.63) is 41.3 Å². The third-order valence-corrected chi connectivity index (χ3v) is 2.96. The molecule has 2 heterocycles. The Morgan fingerprint density at radius 1 is 1.35 bits per heavy atom. The molecule has 0 saturated heterocycles. The van der Waals surface area contributed by atoms with Gasteiger partial charge in [-0.15, -0.1) is 0 Å². The van der Waals surface area contributed by atoms with Gasteiger partial charge in [-0.2, -0.15) is 5.10 Å². The maximum Gasteiger partial charge on any atom is 0.190 e. The van der Waals surface area contributed by atoms with Crippen LogP contribution in [0.15, 0.2) is 29.4 Å². The molecule has 0 aliphatic rings. The summed E-state index contributed by atoms with van der Waals surface area (Å²) in [6.45, 7) is 4.68. The lowest BCUT2D eigenvalue weighted by Gasteiger charge is -2.09. The minimum atomic E-state index is 0.678. The maximum absolute atomic E-state index is 4.45. The van der Waals surface area contributed by atoms with Gasteiger partial charge in [0.15, 0.2) is 11.8 Å². The fourth-order valence-electron chi connectivity index (χ4n) is 1.97. The van der Waals surface area contributed by atoms with Gasteiger partial charge in [-0.25, -0.2) is 9.67 Å². The van der Waals surface area contributed by atoms with Crippen molar-refractivity contribution >= 4 is 5.96 Å². The SMILES string of the molecule is CN=C(NC)NCc1ccc(-n2nc(C)cc2C)nc1. The fourth-order valence-corrected chi connectivity index (χ4v) is 1.97. The Labute approximate surface area is 119 Å². The van der Waals surface area contributed by atoms with Crippen LogP contribution in [-0.2, 0) is 6.54 Å². The molecule has 2 rings (SSSR count). The summed E-state index contributed by atoms with van der Waals surface area (Å²) in [5.41, 5.74) is 3.16. The molecule has 0 aromatic carbocycles. The van der Waals surface area contributed by atoms with Gasteiger partial charge in [0.05, 0.1) is 5.69 Å². The second-order valence-electron chi connectivity index (χ2n) is 4.54. The molecule has 0 amide bonds. The number of guanidine groups is 1. The Morgan fingerprint density at radius 3 is 2.65 bits per heavy atom. The molecule has 2 N–H and O–H groups in total. The third kappa shape index (κ3) is 3.14. The molecule has 2 aromatic heterocycles. The molecular formula is C14H20N6. The van der Waals surface area contributed by atoms with Crippen LogP contribution in [0.1, 0.15) is 17.0 Å². The summed E-state index contributed by atoms with van der Waals surface area (Å²) in [6.07, 6.45) is 1.85. The minimum Gasteiger partial charge on any atom is -0.359 e. The topological polar surface area (TPSA) is 67.1 Å². The first-order valence-electron chi connectivity index (χ1n) is 6.51. The van der Waals surface area contributed by atoms with Gasteiger partial charge in [0.2, 0.25) is 0 Å². The molecule has 6 heteroatoms. The highest BCUT2D eigenvalue weighted by Crippen LogP contribution is 2.10. The van der Waals surface area contributed by atoms with Gasteiger partial charge in [-0.3, -0.25) is 4.99 Å². The first kappa shape index (κ1) is 14.0. The van der Waals surface area contributed by atoms with E-state index in [4.69, 9.17) is 0 Å². The summed E-state index contributed by atoms with van der Waals surface area (Å²) in [6, 6.07) is 6.04. The van der Waals surface area contributed by atoms with Crippen LogP contribution in [0.25, 0.3) is 5.82 Å². The first-order chi connectivity index (χ1) is 9.63. The molecular weight excluding hydrogens is 252 g/mol. The van der Waals surface area contributed by atoms with Crippen molar-refractivity contribution in [1.29, 1.82) is 0 Å². The van der Waals surface area contributed by atoms with Crippen molar-refractivity contribution < 1.29 is 0 Å². The number of aliphatic imine (C=N–C) groups is 1. The molecule has 0 aliphatic heterocycles. The van der Waals surface area contributed by atoms with E-state index in [1.165, 1.54) is 0 Å². The zero-order valence-corrected chi connectivity index (χ0v) is 12.3. The van der Waals surface area contributed by atoms with Crippen LogP contribution in [0.4, 0.5) is 0 Å². The molecule has 106 valence electrons. The highest BCUT2D eigenvalue weighted by Gasteiger charge is 2.05. The van der Waals surface area contributed by atoms with Crippen LogP contribution < -0.4 is 10.6 Å². The number of rotatable bonds is 3. The molecule has 0 unspecified atom stereocenters. The van der Waals surface area contributed by atoms with Crippen molar-refractivity contribution in [1.82, 2.24) is 25.4 Å². The van der Waals surface area contributed by atoms with Crippen molar-refractivity contribution in [3.63, 3.8) is 0 Å². The number of hydrogen-bond donors (Lipinski definition) is 2. The van der Waals surface area contributed by atoms with E-state index in [9.17, 15) is 0 Å². The van der Waals surface area contributed by atoms with Gasteiger partial charge in [0.25, 0.3) is 0 Å². The van der Waals surface area contributed by atoms with Crippen molar-refractivity contribution in [2.24, 2.45) is 4.99 Å². The van der Waals surface area contributed by atoms with Gasteiger partial charge >= 0.3 is 0 Å². The lowest BCUT2D eigenvalue weighted by molar-refractivity contribution is 0.798. The van der Waals surface area contributed by atoms with Crippen LogP contribution in [0, 0.1) is 13.8 Å². The number of pyridine rings is 1. The van der Waals surface area contributed by atoms with Gasteiger partial charge in [-0.05, 0) is 31.5 Å². The predicted octanol–water partition coefficient (Wildman–Crippen LogP) is 1.18. The monoisotopic (exact) mass is 272 g/mol. The lowest BCUT2D eigenvalue weighted by Crippen LogP contribution is -2.34. The summed E-state index contributed by atoms with van der Waals surface area (Å²) in [4.78, 5) is 8.51. The molecule has 6 nitrogen and oxygen atoms in total. The van der Waals surface area contributed by atoms with Crippen LogP contribution in [-0.4, -0.2) is 34.8 Å². The second-order valence-corrected chi connectivity index (χ2v) is 4.54. The van der Waals surface area contributed by atoms with Gasteiger partial charge in [0.1, 0.15) is 0 Å². The quantitative estimate of drug-likeness (QED) is 0.650. The van der Waals surface area contributed by atoms with Crippen molar-refractivity contribution in [2.45, 2.75) is 20.4 Å². The molecule has 0 atom stereocenters. The maximum atomic E-state index is 4.45. The Kier molecular flexibility index (Phi) is 4.34. The summed E-state index contributed by atoms with van der Waals surface area (Å²) >= 11 is 0. The number of nitrogens with zero attached hydrogens (tertiary/aromatic N) is 4. The van der Waals surface area contributed by atoms with E-state index < -0.39 is 0 Å². The summed E-state index contributed by atoms with van der Waals surface area (Å²) in [5, 5.41) is 10.6. The molecule has 0 bridgehead atoms. The smallest absolute Gasteiger partial charge is 0.190 e. The van der Waals surface area contributed by atoms with Gasteiger partial charge in [-0.1, -0.05) is 6.07 Å². The van der Waals surface area contributed by atoms with Gasteiger partial charge < -0.3 is 10.6 Å². The number of nitrogens with one attached hydrogen (secondary N) is 2. The molecule has 2 aromatic rings. The van der Waals surface area contributed by atoms with Gasteiger partial charge in [0, 0.05) is 32.5 Å². The van der Waals surface area contributed by atoms with E-state index in [1.807, 2.05) is 50.0 Å². The highest BCUT2D eigenvalue weighted by atomic mass is 15.3. The second kappa shape index (κ2) is 6.18. The van der Waals surface area contributed by atoms with E-state index in [0.717, 1.165) is 28.7 Å². The summed E-state index contributed by atoms with van der Waals surface area (Å²) < 4.78 is 1.85. The van der Waals surface area contributed by atoms with E-state index in [-0.39, 0.29) is 0 Å². The average molecular weight is 272 g/mol. The fraction of sp³-hybridized carbons (Fsp3) is 0.357. The molecule has 20 heavy (non-hydrogen) atoms. The third-order valence-electron chi connectivity index (χ3n) is 2.96. The highest BCUT2D eigenvalue weighted by molar-refractivity contribution is 5.79. The largest absolute Gasteiger partial charge is 0.359 e. The van der Waals surface area contributed by atoms with E-state index in [2.05, 4.69) is 25.7 Å². The van der Waals surface area contributed by atoms with Crippen molar-refractivity contribution in [2.75, 3.05) is 14.1 Å². The molecule has 0 aliphatic carbocycles. The first-order valence-corrected chi connectivity index (χ1v) is 6.51. The normalized spacial score (nSPS) is 11.5. The molecule has 0 radical (unpaired) electrons. The Bertz CT molecular complexity index is 597. The zero-order valence-electron chi connectivity index (χ0n) is 12.3. The average Bonchev–Trinajstić information content (AvgIpc) is 2.79. The number of aromatic nitrogens is 3. The Hall–Kier alpha value is -2.37. The minimum absolute atomic E-state index is 0.678. The molecule has 0 saturated carbocycles. The zero-order chi connectivity index (χ0) is 14.5. The standard InChI is InChI=1S/C14H20N6/c1-10-7-11(2)20(19-10)13-6-5-12(8-17-13)9-18-14(15-3)16-4/h5-8H,9H2,1-4H3,(H2,15,16,18). The number of hydrogen-bond acceptors (Lipinski definition) is 3. The van der Waals surface area contributed by atoms with Crippen LogP contribution in [0.2, 0.25) is 0 Å². The summed E-state index contributed by atoms with van der Waals surface area (Å²) in [7, 11) is 3.57. The van der Waals surface area contributed by atoms with Crippen LogP contribution in [0.3, 0.4) is 0 Å². The van der Waals surface area contributed by atoms with E-state index in [0.29, 0.717) is 6.54 Å².